The van der Waals surface area contributed by atoms with Gasteiger partial charge in [-0.05, 0) is 55.5 Å². The molecule has 3 aromatic carbocycles. The van der Waals surface area contributed by atoms with Crippen LogP contribution in [0, 0.1) is 16.8 Å². The fourth-order valence-corrected chi connectivity index (χ4v) is 5.63. The summed E-state index contributed by atoms with van der Waals surface area (Å²) in [7, 11) is 0. The van der Waals surface area contributed by atoms with Gasteiger partial charge in [0.15, 0.2) is 5.13 Å². The van der Waals surface area contributed by atoms with Crippen molar-refractivity contribution in [3.05, 3.63) is 101 Å². The number of hydrogen-bond donors (Lipinski definition) is 1. The largest absolute Gasteiger partial charge is 0.465 e. The summed E-state index contributed by atoms with van der Waals surface area (Å²) in [6.07, 6.45) is -0.435. The van der Waals surface area contributed by atoms with Crippen molar-refractivity contribution in [2.24, 2.45) is 0 Å². The Labute approximate surface area is 233 Å². The molecule has 206 valence electrons. The van der Waals surface area contributed by atoms with E-state index in [9.17, 15) is 22.8 Å². The summed E-state index contributed by atoms with van der Waals surface area (Å²) < 4.78 is 52.4. The van der Waals surface area contributed by atoms with E-state index in [0.717, 1.165) is 46.9 Å². The number of esters is 1. The molecule has 5 nitrogen and oxygen atoms in total. The second-order valence-electron chi connectivity index (χ2n) is 9.56. The highest BCUT2D eigenvalue weighted by Gasteiger charge is 2.52. The maximum atomic E-state index is 14.5. The lowest BCUT2D eigenvalue weighted by atomic mass is 9.92. The van der Waals surface area contributed by atoms with Gasteiger partial charge in [-0.15, -0.1) is 11.3 Å². The fraction of sp³-hybridized carbons (Fsp3) is 0.226. The third-order valence-corrected chi connectivity index (χ3v) is 7.92. The van der Waals surface area contributed by atoms with Crippen molar-refractivity contribution < 1.29 is 32.2 Å². The highest BCUT2D eigenvalue weighted by Crippen LogP contribution is 2.50. The lowest BCUT2D eigenvalue weighted by Crippen LogP contribution is -2.23. The molecule has 1 aliphatic rings. The van der Waals surface area contributed by atoms with Gasteiger partial charge in [0.25, 0.3) is 0 Å². The van der Waals surface area contributed by atoms with Crippen LogP contribution in [-0.2, 0) is 19.7 Å². The molecule has 1 atom stereocenters. The number of carbonyl (C=O) groups excluding carboxylic acids is 2. The number of nitrogens with one attached hydrogen (secondary N) is 1. The minimum absolute atomic E-state index is 0.0120. The van der Waals surface area contributed by atoms with Gasteiger partial charge in [-0.3, -0.25) is 10.1 Å². The Kier molecular flexibility index (Phi) is 7.67. The third kappa shape index (κ3) is 5.47. The normalized spacial score (nSPS) is 14.3. The monoisotopic (exact) mass is 565 g/mol. The maximum absolute atomic E-state index is 14.5. The maximum Gasteiger partial charge on any atom is 0.412 e. The number of thiophene rings is 1. The number of rotatable bonds is 8. The van der Waals surface area contributed by atoms with E-state index in [4.69, 9.17) is 9.47 Å². The molecule has 5 rings (SSSR count). The van der Waals surface area contributed by atoms with Crippen LogP contribution in [0.15, 0.2) is 72.8 Å². The molecule has 1 amide bonds. The van der Waals surface area contributed by atoms with Gasteiger partial charge in [0.05, 0.1) is 22.6 Å². The SMILES string of the molecule is CCOC(=O)C1(c2ccc(-c3ccccc3-c3sc(F)cc3NC(=O)OC(C)c3ccc(F)cc3F)cc2)CC1. The Bertz CT molecular complexity index is 1560. The quantitative estimate of drug-likeness (QED) is 0.218. The summed E-state index contributed by atoms with van der Waals surface area (Å²) in [4.78, 5) is 25.6. The first-order chi connectivity index (χ1) is 19.2. The summed E-state index contributed by atoms with van der Waals surface area (Å²) in [6, 6.07) is 19.2. The van der Waals surface area contributed by atoms with E-state index in [1.165, 1.54) is 19.1 Å². The zero-order valence-corrected chi connectivity index (χ0v) is 22.6. The Morgan fingerprint density at radius 2 is 1.68 bits per heavy atom. The minimum atomic E-state index is -1.01. The van der Waals surface area contributed by atoms with Crippen LogP contribution in [-0.4, -0.2) is 18.7 Å². The highest BCUT2D eigenvalue weighted by molar-refractivity contribution is 7.14. The zero-order chi connectivity index (χ0) is 28.4. The van der Waals surface area contributed by atoms with E-state index >= 15 is 0 Å². The number of hydrogen-bond acceptors (Lipinski definition) is 5. The molecule has 1 N–H and O–H groups in total. The second kappa shape index (κ2) is 11.2. The third-order valence-electron chi connectivity index (χ3n) is 6.96. The molecule has 1 aliphatic carbocycles. The molecule has 9 heteroatoms. The van der Waals surface area contributed by atoms with Gasteiger partial charge in [0.1, 0.15) is 17.7 Å². The summed E-state index contributed by atoms with van der Waals surface area (Å²) in [5.41, 5.74) is 2.85. The van der Waals surface area contributed by atoms with Gasteiger partial charge in [0, 0.05) is 23.3 Å². The molecular weight excluding hydrogens is 539 g/mol. The van der Waals surface area contributed by atoms with Crippen molar-refractivity contribution in [2.45, 2.75) is 38.2 Å². The van der Waals surface area contributed by atoms with Crippen molar-refractivity contribution in [3.8, 4) is 21.6 Å². The van der Waals surface area contributed by atoms with E-state index in [1.54, 1.807) is 6.92 Å². The van der Waals surface area contributed by atoms with Crippen LogP contribution < -0.4 is 5.32 Å². The van der Waals surface area contributed by atoms with Crippen molar-refractivity contribution in [3.63, 3.8) is 0 Å². The molecule has 1 aromatic heterocycles. The summed E-state index contributed by atoms with van der Waals surface area (Å²) in [5, 5.41) is 2.05. The van der Waals surface area contributed by atoms with Crippen LogP contribution in [0.4, 0.5) is 23.7 Å². The van der Waals surface area contributed by atoms with Gasteiger partial charge >= 0.3 is 12.1 Å². The molecule has 0 aliphatic heterocycles. The van der Waals surface area contributed by atoms with Crippen LogP contribution in [0.2, 0.25) is 0 Å². The van der Waals surface area contributed by atoms with Crippen molar-refractivity contribution in [2.75, 3.05) is 11.9 Å². The molecule has 40 heavy (non-hydrogen) atoms. The predicted molar refractivity (Wildman–Crippen MR) is 148 cm³/mol. The van der Waals surface area contributed by atoms with Crippen LogP contribution in [0.25, 0.3) is 21.6 Å². The van der Waals surface area contributed by atoms with Gasteiger partial charge in [0.2, 0.25) is 0 Å². The van der Waals surface area contributed by atoms with Crippen molar-refractivity contribution in [1.29, 1.82) is 0 Å². The molecule has 1 heterocycles. The van der Waals surface area contributed by atoms with Gasteiger partial charge in [-0.25, -0.2) is 13.6 Å². The average Bonchev–Trinajstić information content (AvgIpc) is 3.66. The molecule has 0 bridgehead atoms. The predicted octanol–water partition coefficient (Wildman–Crippen LogP) is 8.40. The van der Waals surface area contributed by atoms with Crippen LogP contribution in [0.3, 0.4) is 0 Å². The summed E-state index contributed by atoms with van der Waals surface area (Å²) in [6.45, 7) is 3.57. The number of ether oxygens (including phenoxy) is 2. The molecule has 4 aromatic rings. The Balaban J connectivity index is 1.38. The lowest BCUT2D eigenvalue weighted by molar-refractivity contribution is -0.146. The number of benzene rings is 3. The highest BCUT2D eigenvalue weighted by atomic mass is 32.1. The topological polar surface area (TPSA) is 64.6 Å². The number of amides is 1. The van der Waals surface area contributed by atoms with E-state index in [0.29, 0.717) is 23.1 Å². The first-order valence-electron chi connectivity index (χ1n) is 12.8. The summed E-state index contributed by atoms with van der Waals surface area (Å²) in [5.74, 6) is -1.79. The van der Waals surface area contributed by atoms with E-state index in [2.05, 4.69) is 5.32 Å². The first kappa shape index (κ1) is 27.5. The smallest absolute Gasteiger partial charge is 0.412 e. The molecule has 0 saturated heterocycles. The minimum Gasteiger partial charge on any atom is -0.465 e. The van der Waals surface area contributed by atoms with Crippen molar-refractivity contribution >= 4 is 29.1 Å². The van der Waals surface area contributed by atoms with E-state index in [1.807, 2.05) is 48.5 Å². The molecule has 1 saturated carbocycles. The fourth-order valence-electron chi connectivity index (χ4n) is 4.76. The summed E-state index contributed by atoms with van der Waals surface area (Å²) >= 11 is 0.865. The Hall–Kier alpha value is -4.11. The Morgan fingerprint density at radius 1 is 0.975 bits per heavy atom. The van der Waals surface area contributed by atoms with Crippen LogP contribution in [0.5, 0.6) is 0 Å². The number of carbonyl (C=O) groups is 2. The van der Waals surface area contributed by atoms with E-state index in [-0.39, 0.29) is 17.2 Å². The Morgan fingerprint density at radius 3 is 2.33 bits per heavy atom. The lowest BCUT2D eigenvalue weighted by Gasteiger charge is -2.16. The first-order valence-corrected chi connectivity index (χ1v) is 13.6. The molecule has 0 radical (unpaired) electrons. The van der Waals surface area contributed by atoms with E-state index < -0.39 is 34.4 Å². The molecule has 1 fully saturated rings. The standard InChI is InChI=1S/C31H26F3NO4S/c1-3-38-29(36)31(14-15-31)20-10-8-19(9-11-20)23-6-4-5-7-24(23)28-26(17-27(34)40-28)35-30(37)39-18(2)22-13-12-21(32)16-25(22)33/h4-13,16-18H,3,14-15H2,1-2H3,(H,35,37). The van der Waals surface area contributed by atoms with Crippen molar-refractivity contribution in [1.82, 2.24) is 0 Å². The van der Waals surface area contributed by atoms with Crippen LogP contribution in [0.1, 0.15) is 43.9 Å². The molecular formula is C31H26F3NO4S. The molecule has 1 unspecified atom stereocenters. The number of anilines is 1. The second-order valence-corrected chi connectivity index (χ2v) is 10.6. The van der Waals surface area contributed by atoms with Gasteiger partial charge in [-0.1, -0.05) is 48.5 Å². The molecule has 0 spiro atoms. The zero-order valence-electron chi connectivity index (χ0n) is 21.8. The van der Waals surface area contributed by atoms with Gasteiger partial charge < -0.3 is 9.47 Å². The van der Waals surface area contributed by atoms with Gasteiger partial charge in [-0.2, -0.15) is 4.39 Å². The average molecular weight is 566 g/mol. The number of halogens is 3. The van der Waals surface area contributed by atoms with Crippen LogP contribution >= 0.6 is 11.3 Å².